The molecule has 0 aliphatic carbocycles. The maximum atomic E-state index is 12.6. The molecule has 2 heterocycles. The Balaban J connectivity index is 1.55. The fourth-order valence-corrected chi connectivity index (χ4v) is 6.17. The van der Waals surface area contributed by atoms with Gasteiger partial charge in [-0.25, -0.2) is 12.7 Å². The zero-order chi connectivity index (χ0) is 23.4. The summed E-state index contributed by atoms with van der Waals surface area (Å²) in [5.41, 5.74) is 2.85. The fraction of sp³-hybridized carbons (Fsp3) is 0.462. The number of aliphatic hydroxyl groups excluding tert-OH is 1. The summed E-state index contributed by atoms with van der Waals surface area (Å²) >= 11 is 0. The monoisotopic (exact) mass is 468 g/mol. The van der Waals surface area contributed by atoms with Crippen LogP contribution in [0, 0.1) is 11.8 Å². The number of rotatable bonds is 5. The topological polar surface area (TPSA) is 70.1 Å². The molecule has 0 radical (unpaired) electrons. The molecule has 2 saturated heterocycles. The number of sulfonamides is 1. The lowest BCUT2D eigenvalue weighted by Crippen LogP contribution is -2.67. The minimum Gasteiger partial charge on any atom is -0.495 e. The molecule has 2 fully saturated rings. The van der Waals surface area contributed by atoms with Gasteiger partial charge >= 0.3 is 0 Å². The summed E-state index contributed by atoms with van der Waals surface area (Å²) in [6.45, 7) is 3.72. The minimum absolute atomic E-state index is 0.0183. The molecule has 0 spiro atoms. The zero-order valence-corrected chi connectivity index (χ0v) is 20.1. The van der Waals surface area contributed by atoms with E-state index in [0.717, 1.165) is 41.8 Å². The van der Waals surface area contributed by atoms with E-state index in [2.05, 4.69) is 28.9 Å². The zero-order valence-electron chi connectivity index (χ0n) is 19.3. The highest BCUT2D eigenvalue weighted by Crippen LogP contribution is 2.42. The molecule has 2 aliphatic heterocycles. The third-order valence-electron chi connectivity index (χ3n) is 6.83. The summed E-state index contributed by atoms with van der Waals surface area (Å²) in [5.74, 6) is 7.33. The third-order valence-corrected chi connectivity index (χ3v) is 8.68. The van der Waals surface area contributed by atoms with Crippen LogP contribution >= 0.6 is 0 Å². The summed E-state index contributed by atoms with van der Waals surface area (Å²) in [7, 11) is -1.61. The molecule has 1 N–H and O–H groups in total. The molecule has 0 aromatic heterocycles. The molecule has 2 aromatic carbocycles. The highest BCUT2D eigenvalue weighted by molar-refractivity contribution is 7.89. The predicted octanol–water partition coefficient (Wildman–Crippen LogP) is 2.67. The number of hydrogen-bond acceptors (Lipinski definition) is 5. The van der Waals surface area contributed by atoms with E-state index in [-0.39, 0.29) is 30.4 Å². The van der Waals surface area contributed by atoms with Crippen LogP contribution in [0.5, 0.6) is 5.75 Å². The smallest absolute Gasteiger partial charge is 0.213 e. The number of para-hydroxylation sites is 1. The van der Waals surface area contributed by atoms with E-state index in [1.165, 1.54) is 0 Å². The maximum absolute atomic E-state index is 12.6. The Kier molecular flexibility index (Phi) is 7.40. The first-order chi connectivity index (χ1) is 16.0. The Morgan fingerprint density at radius 2 is 1.79 bits per heavy atom. The van der Waals surface area contributed by atoms with Gasteiger partial charge in [0.05, 0.1) is 25.0 Å². The molecule has 0 amide bonds. The van der Waals surface area contributed by atoms with Gasteiger partial charge in [0, 0.05) is 36.7 Å². The molecule has 6 nitrogen and oxygen atoms in total. The average molecular weight is 469 g/mol. The van der Waals surface area contributed by atoms with E-state index in [4.69, 9.17) is 4.74 Å². The van der Waals surface area contributed by atoms with Gasteiger partial charge in [0.1, 0.15) is 5.75 Å². The van der Waals surface area contributed by atoms with Gasteiger partial charge in [-0.1, -0.05) is 36.1 Å². The first kappa shape index (κ1) is 23.8. The van der Waals surface area contributed by atoms with Crippen molar-refractivity contribution in [1.29, 1.82) is 0 Å². The molecule has 3 atom stereocenters. The molecule has 4 rings (SSSR count). The van der Waals surface area contributed by atoms with E-state index < -0.39 is 10.0 Å². The lowest BCUT2D eigenvalue weighted by atomic mass is 9.74. The van der Waals surface area contributed by atoms with Gasteiger partial charge in [-0.15, -0.1) is 0 Å². The minimum atomic E-state index is -3.24. The average Bonchev–Trinajstić information content (AvgIpc) is 2.82. The lowest BCUT2D eigenvalue weighted by Gasteiger charge is -2.57. The van der Waals surface area contributed by atoms with E-state index in [9.17, 15) is 13.5 Å². The predicted molar refractivity (Wildman–Crippen MR) is 130 cm³/mol. The number of fused-ring (bicyclic) bond motifs is 1. The standard InChI is InChI=1S/C26H32N2O4S/c1-3-33(30,31)27-16-6-7-17-28-23(18-27)26(24(28)19-29)22-14-11-20(12-15-22)10-13-21-8-4-5-9-25(21)32-2/h4-5,8-9,11-12,14-15,23-24,26,29H,3,6-7,16-19H2,1-2H3/t23-,24-,26-/m1/s1. The molecule has 0 saturated carbocycles. The summed E-state index contributed by atoms with van der Waals surface area (Å²) in [6.07, 6.45) is 1.79. The van der Waals surface area contributed by atoms with Gasteiger partial charge in [0.2, 0.25) is 10.0 Å². The molecule has 2 aliphatic rings. The van der Waals surface area contributed by atoms with Crippen LogP contribution in [0.1, 0.15) is 42.4 Å². The number of hydrogen-bond donors (Lipinski definition) is 1. The third kappa shape index (κ3) is 4.95. The second kappa shape index (κ2) is 10.3. The van der Waals surface area contributed by atoms with Crippen LogP contribution in [-0.2, 0) is 10.0 Å². The first-order valence-electron chi connectivity index (χ1n) is 11.6. The second-order valence-corrected chi connectivity index (χ2v) is 10.9. The first-order valence-corrected chi connectivity index (χ1v) is 13.2. The molecule has 0 bridgehead atoms. The second-order valence-electron chi connectivity index (χ2n) is 8.62. The molecule has 2 aromatic rings. The van der Waals surface area contributed by atoms with Crippen molar-refractivity contribution in [1.82, 2.24) is 9.21 Å². The van der Waals surface area contributed by atoms with Gasteiger partial charge < -0.3 is 9.84 Å². The Hall–Kier alpha value is -2.37. The number of benzene rings is 2. The molecular weight excluding hydrogens is 436 g/mol. The van der Waals surface area contributed by atoms with Gasteiger partial charge in [-0.05, 0) is 56.1 Å². The summed E-state index contributed by atoms with van der Waals surface area (Å²) < 4.78 is 32.2. The highest BCUT2D eigenvalue weighted by atomic mass is 32.2. The van der Waals surface area contributed by atoms with Crippen LogP contribution in [0.25, 0.3) is 0 Å². The van der Waals surface area contributed by atoms with Crippen molar-refractivity contribution in [2.75, 3.05) is 39.1 Å². The normalized spacial score (nSPS) is 23.9. The molecular formula is C26H32N2O4S. The maximum Gasteiger partial charge on any atom is 0.213 e. The van der Waals surface area contributed by atoms with Crippen molar-refractivity contribution in [3.8, 4) is 17.6 Å². The van der Waals surface area contributed by atoms with Crippen LogP contribution in [-0.4, -0.2) is 73.9 Å². The Morgan fingerprint density at radius 3 is 2.48 bits per heavy atom. The van der Waals surface area contributed by atoms with Crippen molar-refractivity contribution in [2.24, 2.45) is 0 Å². The van der Waals surface area contributed by atoms with Gasteiger partial charge in [0.15, 0.2) is 0 Å². The Morgan fingerprint density at radius 1 is 1.06 bits per heavy atom. The fourth-order valence-electron chi connectivity index (χ4n) is 5.02. The Bertz CT molecular complexity index is 1120. The molecule has 7 heteroatoms. The summed E-state index contributed by atoms with van der Waals surface area (Å²) in [4.78, 5) is 2.29. The van der Waals surface area contributed by atoms with Crippen molar-refractivity contribution in [3.05, 3.63) is 65.2 Å². The van der Waals surface area contributed by atoms with E-state index >= 15 is 0 Å². The van der Waals surface area contributed by atoms with Gasteiger partial charge in [-0.3, -0.25) is 4.90 Å². The van der Waals surface area contributed by atoms with E-state index in [0.29, 0.717) is 13.1 Å². The number of methoxy groups -OCH3 is 1. The molecule has 176 valence electrons. The van der Waals surface area contributed by atoms with Crippen molar-refractivity contribution < 1.29 is 18.3 Å². The lowest BCUT2D eigenvalue weighted by molar-refractivity contribution is -0.0553. The van der Waals surface area contributed by atoms with Gasteiger partial charge in [-0.2, -0.15) is 0 Å². The van der Waals surface area contributed by atoms with Crippen LogP contribution in [0.3, 0.4) is 0 Å². The van der Waals surface area contributed by atoms with Crippen LogP contribution in [0.4, 0.5) is 0 Å². The summed E-state index contributed by atoms with van der Waals surface area (Å²) in [5, 5.41) is 10.1. The molecule has 33 heavy (non-hydrogen) atoms. The van der Waals surface area contributed by atoms with Crippen molar-refractivity contribution in [3.63, 3.8) is 0 Å². The summed E-state index contributed by atoms with van der Waals surface area (Å²) in [6, 6.07) is 15.9. The molecule has 0 unspecified atom stereocenters. The van der Waals surface area contributed by atoms with Gasteiger partial charge in [0.25, 0.3) is 0 Å². The van der Waals surface area contributed by atoms with Crippen LogP contribution in [0.2, 0.25) is 0 Å². The number of ether oxygens (including phenoxy) is 1. The van der Waals surface area contributed by atoms with E-state index in [1.807, 2.05) is 36.4 Å². The van der Waals surface area contributed by atoms with Crippen molar-refractivity contribution in [2.45, 2.75) is 37.8 Å². The number of nitrogens with zero attached hydrogens (tertiary/aromatic N) is 2. The van der Waals surface area contributed by atoms with Crippen LogP contribution in [0.15, 0.2) is 48.5 Å². The largest absolute Gasteiger partial charge is 0.495 e. The SMILES string of the molecule is CCS(=O)(=O)N1CCCCN2[C@H](CO)[C@H](c3ccc(C#Cc4ccccc4OC)cc3)[C@H]2C1. The van der Waals surface area contributed by atoms with Crippen LogP contribution < -0.4 is 4.74 Å². The number of aliphatic hydroxyl groups is 1. The quantitative estimate of drug-likeness (QED) is 0.684. The van der Waals surface area contributed by atoms with E-state index in [1.54, 1.807) is 18.3 Å². The Labute approximate surface area is 197 Å². The van der Waals surface area contributed by atoms with Crippen molar-refractivity contribution >= 4 is 10.0 Å². The highest BCUT2D eigenvalue weighted by Gasteiger charge is 2.49.